The van der Waals surface area contributed by atoms with Crippen LogP contribution in [0.25, 0.3) is 11.0 Å². The molecule has 0 fully saturated rings. The standard InChI is InChI=1S/C14H18N6O3S/c1-19(2)24(21,22)12-5-4-11(13-14(12)18-23-17-13)15-7-6-10-8-20(3)9-16-10/h4-5,8-9,15H,6-7H2,1-3H3. The largest absolute Gasteiger partial charge is 0.383 e. The molecule has 3 aromatic rings. The fourth-order valence-corrected chi connectivity index (χ4v) is 3.32. The molecule has 0 bridgehead atoms. The molecular formula is C14H18N6O3S. The highest BCUT2D eigenvalue weighted by Gasteiger charge is 2.24. The zero-order chi connectivity index (χ0) is 17.3. The Morgan fingerprint density at radius 1 is 1.25 bits per heavy atom. The second-order valence-corrected chi connectivity index (χ2v) is 7.69. The van der Waals surface area contributed by atoms with Crippen LogP contribution in [0.2, 0.25) is 0 Å². The van der Waals surface area contributed by atoms with Crippen LogP contribution in [0.1, 0.15) is 5.69 Å². The lowest BCUT2D eigenvalue weighted by Crippen LogP contribution is -2.22. The van der Waals surface area contributed by atoms with Crippen LogP contribution < -0.4 is 5.32 Å². The molecule has 0 unspecified atom stereocenters. The van der Waals surface area contributed by atoms with Crippen LogP contribution in [0.4, 0.5) is 5.69 Å². The molecule has 0 atom stereocenters. The first-order valence-corrected chi connectivity index (χ1v) is 8.72. The summed E-state index contributed by atoms with van der Waals surface area (Å²) in [6, 6.07) is 3.17. The molecule has 3 rings (SSSR count). The summed E-state index contributed by atoms with van der Waals surface area (Å²) in [7, 11) is 1.23. The molecule has 0 saturated carbocycles. The number of aromatic nitrogens is 4. The fourth-order valence-electron chi connectivity index (χ4n) is 2.31. The van der Waals surface area contributed by atoms with Gasteiger partial charge in [0, 0.05) is 40.3 Å². The van der Waals surface area contributed by atoms with Crippen molar-refractivity contribution in [3.63, 3.8) is 0 Å². The Morgan fingerprint density at radius 3 is 2.67 bits per heavy atom. The Bertz CT molecular complexity index is 960. The summed E-state index contributed by atoms with van der Waals surface area (Å²) in [5.74, 6) is 0. The van der Waals surface area contributed by atoms with Crippen LogP contribution in [-0.2, 0) is 23.5 Å². The van der Waals surface area contributed by atoms with Crippen molar-refractivity contribution in [3.8, 4) is 0 Å². The molecule has 2 heterocycles. The van der Waals surface area contributed by atoms with Crippen LogP contribution in [0.15, 0.2) is 34.2 Å². The van der Waals surface area contributed by atoms with E-state index in [4.69, 9.17) is 4.63 Å². The summed E-state index contributed by atoms with van der Waals surface area (Å²) in [5.41, 5.74) is 2.23. The van der Waals surface area contributed by atoms with E-state index in [1.165, 1.54) is 20.2 Å². The summed E-state index contributed by atoms with van der Waals surface area (Å²) >= 11 is 0. The number of nitrogens with zero attached hydrogens (tertiary/aromatic N) is 5. The number of sulfonamides is 1. The zero-order valence-electron chi connectivity index (χ0n) is 13.6. The topological polar surface area (TPSA) is 106 Å². The van der Waals surface area contributed by atoms with E-state index in [9.17, 15) is 8.42 Å². The molecule has 0 aliphatic rings. The summed E-state index contributed by atoms with van der Waals surface area (Å²) in [5, 5.41) is 10.8. The first kappa shape index (κ1) is 16.4. The highest BCUT2D eigenvalue weighted by atomic mass is 32.2. The number of nitrogens with one attached hydrogen (secondary N) is 1. The first-order chi connectivity index (χ1) is 11.4. The van der Waals surface area contributed by atoms with Crippen molar-refractivity contribution >= 4 is 26.7 Å². The van der Waals surface area contributed by atoms with Gasteiger partial charge in [-0.3, -0.25) is 0 Å². The zero-order valence-corrected chi connectivity index (χ0v) is 14.4. The normalized spacial score (nSPS) is 12.2. The SMILES string of the molecule is CN(C)S(=O)(=O)c1ccc(NCCc2cn(C)cn2)c2nonc12. The van der Waals surface area contributed by atoms with E-state index in [0.29, 0.717) is 17.7 Å². The molecular weight excluding hydrogens is 332 g/mol. The van der Waals surface area contributed by atoms with E-state index in [1.54, 1.807) is 12.4 Å². The Morgan fingerprint density at radius 2 is 2.00 bits per heavy atom. The lowest BCUT2D eigenvalue weighted by Gasteiger charge is -2.12. The second kappa shape index (κ2) is 6.21. The highest BCUT2D eigenvalue weighted by Crippen LogP contribution is 2.28. The fraction of sp³-hybridized carbons (Fsp3) is 0.357. The number of aryl methyl sites for hydroxylation is 1. The van der Waals surface area contributed by atoms with Crippen molar-refractivity contribution in [2.45, 2.75) is 11.3 Å². The van der Waals surface area contributed by atoms with Gasteiger partial charge in [0.15, 0.2) is 11.0 Å². The Kier molecular flexibility index (Phi) is 4.24. The number of hydrogen-bond acceptors (Lipinski definition) is 7. The average molecular weight is 350 g/mol. The van der Waals surface area contributed by atoms with E-state index >= 15 is 0 Å². The van der Waals surface area contributed by atoms with Crippen molar-refractivity contribution in [3.05, 3.63) is 30.4 Å². The predicted octanol–water partition coefficient (Wildman–Crippen LogP) is 0.861. The third-order valence-electron chi connectivity index (χ3n) is 3.59. The Balaban J connectivity index is 1.84. The quantitative estimate of drug-likeness (QED) is 0.703. The molecule has 1 N–H and O–H groups in total. The monoisotopic (exact) mass is 350 g/mol. The van der Waals surface area contributed by atoms with Gasteiger partial charge in [0.05, 0.1) is 17.7 Å². The van der Waals surface area contributed by atoms with E-state index in [2.05, 4.69) is 20.6 Å². The average Bonchev–Trinajstić information content (AvgIpc) is 3.16. The van der Waals surface area contributed by atoms with Gasteiger partial charge in [-0.25, -0.2) is 22.3 Å². The minimum atomic E-state index is -3.62. The molecule has 0 aliphatic heterocycles. The number of fused-ring (bicyclic) bond motifs is 1. The Hall–Kier alpha value is -2.46. The van der Waals surface area contributed by atoms with Gasteiger partial charge in [-0.2, -0.15) is 0 Å². The maximum absolute atomic E-state index is 12.3. The van der Waals surface area contributed by atoms with Crippen LogP contribution in [-0.4, -0.2) is 53.2 Å². The molecule has 0 amide bonds. The molecule has 9 nitrogen and oxygen atoms in total. The number of benzene rings is 1. The van der Waals surface area contributed by atoms with Crippen LogP contribution >= 0.6 is 0 Å². The third-order valence-corrected chi connectivity index (χ3v) is 5.44. The van der Waals surface area contributed by atoms with E-state index < -0.39 is 10.0 Å². The summed E-state index contributed by atoms with van der Waals surface area (Å²) in [4.78, 5) is 4.33. The van der Waals surface area contributed by atoms with Crippen molar-refractivity contribution in [2.24, 2.45) is 7.05 Å². The lowest BCUT2D eigenvalue weighted by atomic mass is 10.2. The van der Waals surface area contributed by atoms with Gasteiger partial charge in [0.2, 0.25) is 10.0 Å². The van der Waals surface area contributed by atoms with E-state index in [0.717, 1.165) is 16.4 Å². The van der Waals surface area contributed by atoms with Gasteiger partial charge in [0.1, 0.15) is 4.90 Å². The van der Waals surface area contributed by atoms with Gasteiger partial charge < -0.3 is 9.88 Å². The van der Waals surface area contributed by atoms with Crippen molar-refractivity contribution in [1.29, 1.82) is 0 Å². The molecule has 0 radical (unpaired) electrons. The molecule has 0 saturated heterocycles. The van der Waals surface area contributed by atoms with Gasteiger partial charge in [-0.05, 0) is 22.4 Å². The van der Waals surface area contributed by atoms with Gasteiger partial charge >= 0.3 is 0 Å². The minimum Gasteiger partial charge on any atom is -0.383 e. The van der Waals surface area contributed by atoms with E-state index in [-0.39, 0.29) is 10.4 Å². The number of hydrogen-bond donors (Lipinski definition) is 1. The summed E-state index contributed by atoms with van der Waals surface area (Å²) < 4.78 is 32.4. The minimum absolute atomic E-state index is 0.0685. The van der Waals surface area contributed by atoms with E-state index in [1.807, 2.05) is 17.8 Å². The van der Waals surface area contributed by atoms with Crippen molar-refractivity contribution in [1.82, 2.24) is 24.2 Å². The molecule has 128 valence electrons. The van der Waals surface area contributed by atoms with Crippen molar-refractivity contribution in [2.75, 3.05) is 26.0 Å². The molecule has 1 aromatic carbocycles. The maximum Gasteiger partial charge on any atom is 0.244 e. The summed E-state index contributed by atoms with van der Waals surface area (Å²) in [6.07, 6.45) is 4.42. The number of imidazole rings is 1. The summed E-state index contributed by atoms with van der Waals surface area (Å²) in [6.45, 7) is 0.624. The number of anilines is 1. The van der Waals surface area contributed by atoms with Gasteiger partial charge in [-0.1, -0.05) is 0 Å². The van der Waals surface area contributed by atoms with Crippen molar-refractivity contribution < 1.29 is 13.0 Å². The Labute approximate surface area is 139 Å². The van der Waals surface area contributed by atoms with Crippen LogP contribution in [0.3, 0.4) is 0 Å². The molecule has 10 heteroatoms. The second-order valence-electron chi connectivity index (χ2n) is 5.57. The molecule has 0 spiro atoms. The third kappa shape index (κ3) is 2.97. The predicted molar refractivity (Wildman–Crippen MR) is 88.1 cm³/mol. The van der Waals surface area contributed by atoms with Gasteiger partial charge in [-0.15, -0.1) is 0 Å². The van der Waals surface area contributed by atoms with Crippen LogP contribution in [0.5, 0.6) is 0 Å². The highest BCUT2D eigenvalue weighted by molar-refractivity contribution is 7.89. The lowest BCUT2D eigenvalue weighted by molar-refractivity contribution is 0.315. The molecule has 2 aromatic heterocycles. The van der Waals surface area contributed by atoms with Gasteiger partial charge in [0.25, 0.3) is 0 Å². The maximum atomic E-state index is 12.3. The number of rotatable bonds is 6. The molecule has 0 aliphatic carbocycles. The smallest absolute Gasteiger partial charge is 0.244 e. The first-order valence-electron chi connectivity index (χ1n) is 7.28. The van der Waals surface area contributed by atoms with Crippen LogP contribution in [0, 0.1) is 0 Å². The molecule has 24 heavy (non-hydrogen) atoms.